The van der Waals surface area contributed by atoms with E-state index in [4.69, 9.17) is 4.74 Å². The molecule has 3 N–H and O–H groups in total. The van der Waals surface area contributed by atoms with Crippen LogP contribution in [0.1, 0.15) is 33.4 Å². The fourth-order valence-electron chi connectivity index (χ4n) is 4.22. The molecule has 0 aliphatic rings. The molecule has 5 nitrogen and oxygen atoms in total. The number of hydrogen-bond acceptors (Lipinski definition) is 5. The summed E-state index contributed by atoms with van der Waals surface area (Å²) in [6.45, 7) is 11.6. The fraction of sp³-hybridized carbons (Fsp3) is 0.200. The average Bonchev–Trinajstić information content (AvgIpc) is 2.82. The predicted molar refractivity (Wildman–Crippen MR) is 141 cm³/mol. The van der Waals surface area contributed by atoms with Crippen LogP contribution >= 0.6 is 0 Å². The Kier molecular flexibility index (Phi) is 6.35. The molecule has 35 heavy (non-hydrogen) atoms. The van der Waals surface area contributed by atoms with Crippen molar-refractivity contribution in [3.63, 3.8) is 0 Å². The molecular formula is C30H31NO4. The van der Waals surface area contributed by atoms with Gasteiger partial charge in [0.15, 0.2) is 0 Å². The predicted octanol–water partition coefficient (Wildman–Crippen LogP) is 7.92. The SMILES string of the molecule is Cc1cc(C)c(Oc2cccc(N(c3ccc(O)c(C)c3C)c3ccc(O)c(C)c3C)c2)cc1O. The lowest BCUT2D eigenvalue weighted by Gasteiger charge is -2.30. The molecule has 4 rings (SSSR count). The van der Waals surface area contributed by atoms with Crippen LogP contribution in [0.4, 0.5) is 17.1 Å². The normalized spacial score (nSPS) is 10.9. The first-order valence-electron chi connectivity index (χ1n) is 11.5. The van der Waals surface area contributed by atoms with Gasteiger partial charge in [0, 0.05) is 29.2 Å². The minimum atomic E-state index is 0.189. The van der Waals surface area contributed by atoms with Crippen molar-refractivity contribution in [3.05, 3.63) is 94.0 Å². The van der Waals surface area contributed by atoms with Gasteiger partial charge >= 0.3 is 0 Å². The molecule has 0 heterocycles. The third-order valence-electron chi connectivity index (χ3n) is 6.74. The van der Waals surface area contributed by atoms with Crippen LogP contribution in [0.3, 0.4) is 0 Å². The Morgan fingerprint density at radius 1 is 0.571 bits per heavy atom. The van der Waals surface area contributed by atoms with Crippen molar-refractivity contribution in [1.82, 2.24) is 0 Å². The number of aryl methyl sites for hydroxylation is 2. The Balaban J connectivity index is 1.88. The van der Waals surface area contributed by atoms with Crippen LogP contribution in [0, 0.1) is 41.5 Å². The monoisotopic (exact) mass is 469 g/mol. The molecule has 0 aliphatic heterocycles. The van der Waals surface area contributed by atoms with E-state index in [0.29, 0.717) is 11.5 Å². The first-order chi connectivity index (χ1) is 16.6. The van der Waals surface area contributed by atoms with Crippen molar-refractivity contribution in [2.24, 2.45) is 0 Å². The highest BCUT2D eigenvalue weighted by molar-refractivity contribution is 5.82. The minimum absolute atomic E-state index is 0.189. The van der Waals surface area contributed by atoms with Gasteiger partial charge < -0.3 is 25.0 Å². The van der Waals surface area contributed by atoms with E-state index in [1.165, 1.54) is 0 Å². The summed E-state index contributed by atoms with van der Waals surface area (Å²) in [5.74, 6) is 1.90. The van der Waals surface area contributed by atoms with Crippen molar-refractivity contribution in [2.45, 2.75) is 41.5 Å². The summed E-state index contributed by atoms with van der Waals surface area (Å²) < 4.78 is 6.19. The fourth-order valence-corrected chi connectivity index (χ4v) is 4.22. The van der Waals surface area contributed by atoms with Crippen LogP contribution in [0.2, 0.25) is 0 Å². The van der Waals surface area contributed by atoms with Gasteiger partial charge in [0.1, 0.15) is 28.7 Å². The van der Waals surface area contributed by atoms with Gasteiger partial charge in [0.05, 0.1) is 0 Å². The number of nitrogens with zero attached hydrogens (tertiary/aromatic N) is 1. The average molecular weight is 470 g/mol. The number of anilines is 3. The maximum absolute atomic E-state index is 10.3. The van der Waals surface area contributed by atoms with Gasteiger partial charge in [-0.25, -0.2) is 0 Å². The smallest absolute Gasteiger partial charge is 0.134 e. The van der Waals surface area contributed by atoms with Crippen molar-refractivity contribution >= 4 is 17.1 Å². The highest BCUT2D eigenvalue weighted by atomic mass is 16.5. The van der Waals surface area contributed by atoms with E-state index in [2.05, 4.69) is 4.90 Å². The van der Waals surface area contributed by atoms with Gasteiger partial charge in [-0.2, -0.15) is 0 Å². The summed E-state index contributed by atoms with van der Waals surface area (Å²) >= 11 is 0. The second-order valence-corrected chi connectivity index (χ2v) is 9.05. The van der Waals surface area contributed by atoms with E-state index in [9.17, 15) is 15.3 Å². The standard InChI is InChI=1S/C30H31NO4/c1-17-14-18(2)30(16-29(17)34)35-24-9-7-8-23(15-24)31(25-10-12-27(32)21(5)19(25)3)26-11-13-28(33)22(6)20(26)4/h7-16,32-34H,1-6H3. The summed E-state index contributed by atoms with van der Waals surface area (Å²) in [5.41, 5.74) is 7.91. The van der Waals surface area contributed by atoms with E-state index < -0.39 is 0 Å². The van der Waals surface area contributed by atoms with Crippen LogP contribution in [0.25, 0.3) is 0 Å². The maximum Gasteiger partial charge on any atom is 0.134 e. The maximum atomic E-state index is 10.3. The van der Waals surface area contributed by atoms with Crippen LogP contribution in [-0.2, 0) is 0 Å². The zero-order chi connectivity index (χ0) is 25.4. The lowest BCUT2D eigenvalue weighted by atomic mass is 10.0. The van der Waals surface area contributed by atoms with Gasteiger partial charge in [-0.05, 0) is 117 Å². The third kappa shape index (κ3) is 4.50. The van der Waals surface area contributed by atoms with Crippen LogP contribution in [-0.4, -0.2) is 15.3 Å². The molecule has 5 heteroatoms. The first kappa shape index (κ1) is 24.0. The number of ether oxygens (including phenoxy) is 1. The second-order valence-electron chi connectivity index (χ2n) is 9.05. The zero-order valence-electron chi connectivity index (χ0n) is 21.0. The summed E-state index contributed by atoms with van der Waals surface area (Å²) in [5, 5.41) is 30.7. The number of phenols is 3. The van der Waals surface area contributed by atoms with Gasteiger partial charge in [0.2, 0.25) is 0 Å². The highest BCUT2D eigenvalue weighted by Crippen LogP contribution is 2.43. The molecule has 4 aromatic carbocycles. The molecule has 0 saturated heterocycles. The Hall–Kier alpha value is -4.12. The molecule has 0 aromatic heterocycles. The van der Waals surface area contributed by atoms with E-state index in [1.807, 2.05) is 84.0 Å². The number of phenolic OH excluding ortho intramolecular Hbond substituents is 3. The molecule has 0 spiro atoms. The molecule has 0 fully saturated rings. The number of aromatic hydroxyl groups is 3. The largest absolute Gasteiger partial charge is 0.508 e. The number of benzene rings is 4. The lowest BCUT2D eigenvalue weighted by molar-refractivity contribution is 0.450. The van der Waals surface area contributed by atoms with E-state index in [0.717, 1.165) is 50.4 Å². The lowest BCUT2D eigenvalue weighted by Crippen LogP contribution is -2.13. The van der Waals surface area contributed by atoms with Gasteiger partial charge in [0.25, 0.3) is 0 Å². The number of rotatable bonds is 5. The van der Waals surface area contributed by atoms with Crippen LogP contribution in [0.5, 0.6) is 28.7 Å². The third-order valence-corrected chi connectivity index (χ3v) is 6.74. The molecular weight excluding hydrogens is 438 g/mol. The van der Waals surface area contributed by atoms with Crippen molar-refractivity contribution in [1.29, 1.82) is 0 Å². The Morgan fingerprint density at radius 3 is 1.71 bits per heavy atom. The zero-order valence-corrected chi connectivity index (χ0v) is 21.0. The van der Waals surface area contributed by atoms with Crippen molar-refractivity contribution in [3.8, 4) is 28.7 Å². The van der Waals surface area contributed by atoms with E-state index in [-0.39, 0.29) is 17.2 Å². The van der Waals surface area contributed by atoms with Crippen LogP contribution < -0.4 is 9.64 Å². The Morgan fingerprint density at radius 2 is 1.14 bits per heavy atom. The van der Waals surface area contributed by atoms with Gasteiger partial charge in [-0.15, -0.1) is 0 Å². The van der Waals surface area contributed by atoms with E-state index in [1.54, 1.807) is 18.2 Å². The molecule has 0 amide bonds. The molecule has 0 aliphatic carbocycles. The topological polar surface area (TPSA) is 73.2 Å². The van der Waals surface area contributed by atoms with Gasteiger partial charge in [-0.3, -0.25) is 0 Å². The quantitative estimate of drug-likeness (QED) is 0.277. The minimum Gasteiger partial charge on any atom is -0.508 e. The Labute approximate surface area is 206 Å². The first-order valence-corrected chi connectivity index (χ1v) is 11.5. The summed E-state index contributed by atoms with van der Waals surface area (Å²) in [4.78, 5) is 2.11. The molecule has 0 unspecified atom stereocenters. The molecule has 0 bridgehead atoms. The molecule has 180 valence electrons. The molecule has 0 radical (unpaired) electrons. The van der Waals surface area contributed by atoms with Gasteiger partial charge in [-0.1, -0.05) is 6.07 Å². The van der Waals surface area contributed by atoms with Crippen molar-refractivity contribution in [2.75, 3.05) is 4.90 Å². The summed E-state index contributed by atoms with van der Waals surface area (Å²) in [6.07, 6.45) is 0. The summed E-state index contributed by atoms with van der Waals surface area (Å²) in [6, 6.07) is 18.5. The second kappa shape index (κ2) is 9.26. The molecule has 4 aromatic rings. The molecule has 0 saturated carbocycles. The Bertz CT molecular complexity index is 1370. The summed E-state index contributed by atoms with van der Waals surface area (Å²) in [7, 11) is 0. The number of hydrogen-bond donors (Lipinski definition) is 3. The highest BCUT2D eigenvalue weighted by Gasteiger charge is 2.21. The molecule has 0 atom stereocenters. The van der Waals surface area contributed by atoms with E-state index >= 15 is 0 Å². The van der Waals surface area contributed by atoms with Crippen molar-refractivity contribution < 1.29 is 20.1 Å². The van der Waals surface area contributed by atoms with Crippen LogP contribution in [0.15, 0.2) is 60.7 Å².